The van der Waals surface area contributed by atoms with E-state index < -0.39 is 4.92 Å². The van der Waals surface area contributed by atoms with E-state index in [1.165, 1.54) is 19.6 Å². The molecule has 0 heterocycles. The number of anilines is 1. The van der Waals surface area contributed by atoms with Crippen LogP contribution in [0.15, 0.2) is 18.2 Å². The van der Waals surface area contributed by atoms with Gasteiger partial charge in [-0.2, -0.15) is 0 Å². The van der Waals surface area contributed by atoms with Gasteiger partial charge in [0.1, 0.15) is 5.75 Å². The van der Waals surface area contributed by atoms with Gasteiger partial charge >= 0.3 is 0 Å². The van der Waals surface area contributed by atoms with Crippen LogP contribution < -0.4 is 15.8 Å². The van der Waals surface area contributed by atoms with Gasteiger partial charge in [0.25, 0.3) is 5.69 Å². The Hall–Kier alpha value is -1.82. The van der Waals surface area contributed by atoms with Crippen molar-refractivity contribution in [2.75, 3.05) is 19.0 Å². The number of ether oxygens (including phenoxy) is 1. The summed E-state index contributed by atoms with van der Waals surface area (Å²) in [6, 6.07) is 4.75. The zero-order valence-corrected chi connectivity index (χ0v) is 12.6. The number of benzene rings is 1. The van der Waals surface area contributed by atoms with Crippen molar-refractivity contribution in [3.8, 4) is 5.75 Å². The second kappa shape index (κ2) is 6.30. The van der Waals surface area contributed by atoms with E-state index in [2.05, 4.69) is 12.2 Å². The first kappa shape index (κ1) is 15.6. The molecule has 6 nitrogen and oxygen atoms in total. The second-order valence-electron chi connectivity index (χ2n) is 5.81. The Kier molecular flexibility index (Phi) is 4.67. The average molecular weight is 293 g/mol. The summed E-state index contributed by atoms with van der Waals surface area (Å²) in [5.41, 5.74) is 6.54. The third-order valence-corrected chi connectivity index (χ3v) is 4.55. The monoisotopic (exact) mass is 293 g/mol. The molecular formula is C15H23N3O3. The highest BCUT2D eigenvalue weighted by atomic mass is 16.6. The zero-order chi connectivity index (χ0) is 15.5. The van der Waals surface area contributed by atoms with Gasteiger partial charge in [0, 0.05) is 24.4 Å². The molecule has 0 spiro atoms. The summed E-state index contributed by atoms with van der Waals surface area (Å²) in [5, 5.41) is 14.5. The molecule has 0 saturated heterocycles. The van der Waals surface area contributed by atoms with E-state index in [-0.39, 0.29) is 11.2 Å². The van der Waals surface area contributed by atoms with Gasteiger partial charge in [-0.1, -0.05) is 19.8 Å². The van der Waals surface area contributed by atoms with Gasteiger partial charge in [0.2, 0.25) is 0 Å². The van der Waals surface area contributed by atoms with E-state index in [0.29, 0.717) is 23.9 Å². The van der Waals surface area contributed by atoms with E-state index in [1.54, 1.807) is 12.1 Å². The van der Waals surface area contributed by atoms with Crippen LogP contribution in [0.4, 0.5) is 11.4 Å². The number of nitro groups is 1. The molecule has 0 bridgehead atoms. The predicted octanol–water partition coefficient (Wildman–Crippen LogP) is 2.92. The van der Waals surface area contributed by atoms with Gasteiger partial charge in [-0.05, 0) is 18.8 Å². The Bertz CT molecular complexity index is 521. The number of methoxy groups -OCH3 is 1. The summed E-state index contributed by atoms with van der Waals surface area (Å²) >= 11 is 0. The highest BCUT2D eigenvalue weighted by Crippen LogP contribution is 2.37. The fraction of sp³-hybridized carbons (Fsp3) is 0.600. The minimum Gasteiger partial charge on any atom is -0.496 e. The lowest BCUT2D eigenvalue weighted by atomic mass is 9.73. The van der Waals surface area contributed by atoms with Gasteiger partial charge in [0.15, 0.2) is 0 Å². The van der Waals surface area contributed by atoms with Crippen LogP contribution in [0.5, 0.6) is 5.75 Å². The molecule has 3 N–H and O–H groups in total. The van der Waals surface area contributed by atoms with Gasteiger partial charge in [0.05, 0.1) is 23.6 Å². The van der Waals surface area contributed by atoms with E-state index >= 15 is 0 Å². The van der Waals surface area contributed by atoms with Crippen molar-refractivity contribution < 1.29 is 9.66 Å². The maximum atomic E-state index is 11.0. The Labute approximate surface area is 124 Å². The summed E-state index contributed by atoms with van der Waals surface area (Å²) in [4.78, 5) is 10.6. The maximum absolute atomic E-state index is 11.0. The van der Waals surface area contributed by atoms with E-state index in [9.17, 15) is 10.1 Å². The molecule has 1 aliphatic rings. The van der Waals surface area contributed by atoms with Gasteiger partial charge in [-0.25, -0.2) is 0 Å². The minimum atomic E-state index is -0.410. The Morgan fingerprint density at radius 1 is 1.48 bits per heavy atom. The van der Waals surface area contributed by atoms with E-state index in [1.807, 2.05) is 0 Å². The number of non-ortho nitro benzene ring substituents is 1. The minimum absolute atomic E-state index is 0.0208. The predicted molar refractivity (Wildman–Crippen MR) is 82.7 cm³/mol. The Morgan fingerprint density at radius 2 is 2.24 bits per heavy atom. The third kappa shape index (κ3) is 3.26. The van der Waals surface area contributed by atoms with E-state index in [0.717, 1.165) is 19.3 Å². The number of hydrogen-bond acceptors (Lipinski definition) is 5. The lowest BCUT2D eigenvalue weighted by Crippen LogP contribution is -2.52. The van der Waals surface area contributed by atoms with Crippen molar-refractivity contribution in [1.82, 2.24) is 0 Å². The summed E-state index contributed by atoms with van der Waals surface area (Å²) in [5.74, 6) is 0.906. The largest absolute Gasteiger partial charge is 0.496 e. The average Bonchev–Trinajstić information content (AvgIpc) is 2.49. The third-order valence-electron chi connectivity index (χ3n) is 4.55. The molecule has 2 unspecified atom stereocenters. The topological polar surface area (TPSA) is 90.4 Å². The highest BCUT2D eigenvalue weighted by Gasteiger charge is 2.37. The Balaban J connectivity index is 2.32. The van der Waals surface area contributed by atoms with E-state index in [4.69, 9.17) is 10.5 Å². The number of nitrogens with two attached hydrogens (primary N) is 1. The summed E-state index contributed by atoms with van der Waals surface area (Å²) in [7, 11) is 1.50. The fourth-order valence-corrected chi connectivity index (χ4v) is 3.12. The molecule has 1 fully saturated rings. The molecule has 0 amide bonds. The molecule has 21 heavy (non-hydrogen) atoms. The molecule has 0 aromatic heterocycles. The van der Waals surface area contributed by atoms with Gasteiger partial charge in [-0.15, -0.1) is 0 Å². The molecule has 1 aliphatic carbocycles. The van der Waals surface area contributed by atoms with Crippen LogP contribution >= 0.6 is 0 Å². The summed E-state index contributed by atoms with van der Waals surface area (Å²) in [6.45, 7) is 2.70. The van der Waals surface area contributed by atoms with Crippen molar-refractivity contribution in [1.29, 1.82) is 0 Å². The first-order chi connectivity index (χ1) is 10.0. The normalized spacial score (nSPS) is 25.4. The molecule has 0 aliphatic heterocycles. The van der Waals surface area contributed by atoms with Crippen LogP contribution in [0.3, 0.4) is 0 Å². The lowest BCUT2D eigenvalue weighted by molar-refractivity contribution is -0.384. The lowest BCUT2D eigenvalue weighted by Gasteiger charge is -2.43. The van der Waals surface area contributed by atoms with Crippen LogP contribution in [0.2, 0.25) is 0 Å². The van der Waals surface area contributed by atoms with Gasteiger partial charge in [-0.3, -0.25) is 10.1 Å². The van der Waals surface area contributed by atoms with Crippen molar-refractivity contribution in [2.24, 2.45) is 11.7 Å². The van der Waals surface area contributed by atoms with Crippen LogP contribution in [-0.2, 0) is 0 Å². The fourth-order valence-electron chi connectivity index (χ4n) is 3.12. The van der Waals surface area contributed by atoms with Gasteiger partial charge < -0.3 is 15.8 Å². The molecule has 0 radical (unpaired) electrons. The van der Waals surface area contributed by atoms with Crippen LogP contribution in [0.25, 0.3) is 0 Å². The van der Waals surface area contributed by atoms with Crippen molar-refractivity contribution in [3.05, 3.63) is 28.3 Å². The first-order valence-corrected chi connectivity index (χ1v) is 7.32. The summed E-state index contributed by atoms with van der Waals surface area (Å²) in [6.07, 6.45) is 4.44. The molecule has 2 atom stereocenters. The standard InChI is InChI=1S/C15H23N3O3/c1-11-5-3-4-6-15(11,10-16)17-12-7-13(18(19)20)9-14(8-12)21-2/h7-9,11,17H,3-6,10,16H2,1-2H3. The molecule has 6 heteroatoms. The first-order valence-electron chi connectivity index (χ1n) is 7.32. The smallest absolute Gasteiger partial charge is 0.275 e. The molecular weight excluding hydrogens is 270 g/mol. The highest BCUT2D eigenvalue weighted by molar-refractivity contribution is 5.57. The van der Waals surface area contributed by atoms with Crippen LogP contribution in [0.1, 0.15) is 32.6 Å². The van der Waals surface area contributed by atoms with Crippen LogP contribution in [0, 0.1) is 16.0 Å². The zero-order valence-electron chi connectivity index (χ0n) is 12.6. The van der Waals surface area contributed by atoms with Crippen LogP contribution in [-0.4, -0.2) is 24.1 Å². The number of rotatable bonds is 5. The Morgan fingerprint density at radius 3 is 2.81 bits per heavy atom. The maximum Gasteiger partial charge on any atom is 0.275 e. The van der Waals surface area contributed by atoms with Crippen molar-refractivity contribution in [2.45, 2.75) is 38.1 Å². The quantitative estimate of drug-likeness (QED) is 0.643. The number of nitro benzene ring substituents is 1. The molecule has 2 rings (SSSR count). The number of nitrogens with zero attached hydrogens (tertiary/aromatic N) is 1. The second-order valence-corrected chi connectivity index (χ2v) is 5.81. The van der Waals surface area contributed by atoms with Crippen molar-refractivity contribution in [3.63, 3.8) is 0 Å². The number of hydrogen-bond donors (Lipinski definition) is 2. The molecule has 1 aromatic rings. The summed E-state index contributed by atoms with van der Waals surface area (Å²) < 4.78 is 5.15. The SMILES string of the molecule is COc1cc(NC2(CN)CCCCC2C)cc([N+](=O)[O-])c1. The molecule has 116 valence electrons. The molecule has 1 saturated carbocycles. The number of nitrogens with one attached hydrogen (secondary N) is 1. The molecule has 1 aromatic carbocycles. The van der Waals surface area contributed by atoms with Crippen molar-refractivity contribution >= 4 is 11.4 Å².